The molecule has 1 N–H and O–H groups in total. The van der Waals surface area contributed by atoms with E-state index in [-0.39, 0.29) is 22.6 Å². The largest absolute Gasteiger partial charge is 0.466 e. The summed E-state index contributed by atoms with van der Waals surface area (Å²) in [5, 5.41) is 0. The van der Waals surface area contributed by atoms with Crippen molar-refractivity contribution in [2.75, 3.05) is 29.3 Å². The van der Waals surface area contributed by atoms with Crippen molar-refractivity contribution in [1.29, 1.82) is 0 Å². The van der Waals surface area contributed by atoms with E-state index in [1.807, 2.05) is 30.0 Å². The highest BCUT2D eigenvalue weighted by atomic mass is 32.2. The van der Waals surface area contributed by atoms with Gasteiger partial charge in [-0.2, -0.15) is 0 Å². The summed E-state index contributed by atoms with van der Waals surface area (Å²) in [4.78, 5) is 23.5. The minimum absolute atomic E-state index is 0.157. The summed E-state index contributed by atoms with van der Waals surface area (Å²) in [5.41, 5.74) is 2.24. The summed E-state index contributed by atoms with van der Waals surface area (Å²) in [6.45, 7) is 5.16. The minimum atomic E-state index is -3.84. The summed E-state index contributed by atoms with van der Waals surface area (Å²) >= 11 is 0. The second-order valence-electron chi connectivity index (χ2n) is 7.82. The van der Waals surface area contributed by atoms with Crippen LogP contribution in [0.25, 0.3) is 11.0 Å². The molecule has 4 rings (SSSR count). The van der Waals surface area contributed by atoms with Crippen LogP contribution in [-0.2, 0) is 19.6 Å². The van der Waals surface area contributed by atoms with Crippen molar-refractivity contribution in [3.63, 3.8) is 0 Å². The molecule has 9 heteroatoms. The molecule has 32 heavy (non-hydrogen) atoms. The molecule has 0 aliphatic carbocycles. The molecule has 0 saturated carbocycles. The molecule has 0 atom stereocenters. The molecule has 1 aliphatic heterocycles. The van der Waals surface area contributed by atoms with Crippen molar-refractivity contribution >= 4 is 38.7 Å². The van der Waals surface area contributed by atoms with Crippen molar-refractivity contribution in [3.8, 4) is 0 Å². The lowest BCUT2D eigenvalue weighted by molar-refractivity contribution is -0.148. The number of benzene rings is 2. The predicted molar refractivity (Wildman–Crippen MR) is 123 cm³/mol. The lowest BCUT2D eigenvalue weighted by atomic mass is 9.97. The molecule has 1 fully saturated rings. The number of piperidine rings is 1. The third kappa shape index (κ3) is 4.67. The second kappa shape index (κ2) is 9.12. The third-order valence-electron chi connectivity index (χ3n) is 5.53. The van der Waals surface area contributed by atoms with Gasteiger partial charge in [0.2, 0.25) is 0 Å². The average Bonchev–Trinajstić information content (AvgIpc) is 2.79. The van der Waals surface area contributed by atoms with Gasteiger partial charge in [0.1, 0.15) is 0 Å². The zero-order valence-corrected chi connectivity index (χ0v) is 18.9. The van der Waals surface area contributed by atoms with Crippen molar-refractivity contribution in [2.24, 2.45) is 5.92 Å². The monoisotopic (exact) mass is 454 g/mol. The number of rotatable bonds is 6. The maximum absolute atomic E-state index is 13.0. The fourth-order valence-corrected chi connectivity index (χ4v) is 4.77. The number of hydrogen-bond donors (Lipinski definition) is 1. The number of sulfonamides is 1. The molecule has 8 nitrogen and oxygen atoms in total. The second-order valence-corrected chi connectivity index (χ2v) is 9.50. The number of carbonyl (C=O) groups excluding carboxylic acids is 1. The smallest absolute Gasteiger partial charge is 0.309 e. The molecule has 2 heterocycles. The van der Waals surface area contributed by atoms with Gasteiger partial charge >= 0.3 is 5.97 Å². The van der Waals surface area contributed by atoms with E-state index < -0.39 is 10.0 Å². The van der Waals surface area contributed by atoms with Crippen molar-refractivity contribution in [1.82, 2.24) is 9.97 Å². The van der Waals surface area contributed by atoms with E-state index in [1.54, 1.807) is 37.3 Å². The number of aryl methyl sites for hydroxylation is 1. The molecule has 1 saturated heterocycles. The van der Waals surface area contributed by atoms with Gasteiger partial charge in [-0.1, -0.05) is 29.8 Å². The van der Waals surface area contributed by atoms with Gasteiger partial charge in [0.05, 0.1) is 28.5 Å². The molecule has 2 aromatic carbocycles. The van der Waals surface area contributed by atoms with Crippen molar-refractivity contribution in [3.05, 3.63) is 54.1 Å². The first kappa shape index (κ1) is 22.0. The molecule has 1 aliphatic rings. The Morgan fingerprint density at radius 3 is 2.31 bits per heavy atom. The van der Waals surface area contributed by atoms with Gasteiger partial charge in [0.15, 0.2) is 11.6 Å². The SMILES string of the molecule is CCOC(=O)C1CCN(c2nc3ccccc3nc2NS(=O)(=O)c2ccc(C)cc2)CC1. The summed E-state index contributed by atoms with van der Waals surface area (Å²) in [6, 6.07) is 14.0. The highest BCUT2D eigenvalue weighted by Crippen LogP contribution is 2.31. The van der Waals surface area contributed by atoms with Crippen LogP contribution >= 0.6 is 0 Å². The molecule has 0 bridgehead atoms. The summed E-state index contributed by atoms with van der Waals surface area (Å²) in [7, 11) is -3.84. The maximum atomic E-state index is 13.0. The van der Waals surface area contributed by atoms with E-state index in [9.17, 15) is 13.2 Å². The molecule has 1 aromatic heterocycles. The van der Waals surface area contributed by atoms with Gasteiger partial charge < -0.3 is 9.64 Å². The molecular weight excluding hydrogens is 428 g/mol. The molecule has 0 spiro atoms. The normalized spacial score (nSPS) is 15.0. The first-order valence-corrected chi connectivity index (χ1v) is 12.1. The number of aromatic nitrogens is 2. The first-order chi connectivity index (χ1) is 15.4. The van der Waals surface area contributed by atoms with Crippen molar-refractivity contribution in [2.45, 2.75) is 31.6 Å². The number of esters is 1. The van der Waals surface area contributed by atoms with Gasteiger partial charge in [-0.05, 0) is 51.0 Å². The highest BCUT2D eigenvalue weighted by molar-refractivity contribution is 7.92. The molecule has 0 amide bonds. The Bertz CT molecular complexity index is 1220. The fraction of sp³-hybridized carbons (Fsp3) is 0.348. The Labute approximate surface area is 187 Å². The van der Waals surface area contributed by atoms with Crippen LogP contribution in [0.5, 0.6) is 0 Å². The topological polar surface area (TPSA) is 101 Å². The van der Waals surface area contributed by atoms with Crippen LogP contribution in [0.2, 0.25) is 0 Å². The van der Waals surface area contributed by atoms with Gasteiger partial charge in [0, 0.05) is 13.1 Å². The zero-order chi connectivity index (χ0) is 22.7. The number of para-hydroxylation sites is 2. The zero-order valence-electron chi connectivity index (χ0n) is 18.1. The van der Waals surface area contributed by atoms with E-state index in [0.29, 0.717) is 49.4 Å². The third-order valence-corrected chi connectivity index (χ3v) is 6.88. The van der Waals surface area contributed by atoms with Crippen molar-refractivity contribution < 1.29 is 17.9 Å². The minimum Gasteiger partial charge on any atom is -0.466 e. The van der Waals surface area contributed by atoms with Crippen LogP contribution in [0.15, 0.2) is 53.4 Å². The molecule has 0 unspecified atom stereocenters. The number of ether oxygens (including phenoxy) is 1. The Kier molecular flexibility index (Phi) is 6.27. The maximum Gasteiger partial charge on any atom is 0.309 e. The molecule has 168 valence electrons. The van der Waals surface area contributed by atoms with Crippen LogP contribution in [0.1, 0.15) is 25.3 Å². The standard InChI is InChI=1S/C23H26N4O4S/c1-3-31-23(28)17-12-14-27(15-13-17)22-21(24-19-6-4-5-7-20(19)25-22)26-32(29,30)18-10-8-16(2)9-11-18/h4-11,17H,3,12-15H2,1-2H3,(H,24,26). The first-order valence-electron chi connectivity index (χ1n) is 10.6. The Morgan fingerprint density at radius 2 is 1.69 bits per heavy atom. The van der Waals surface area contributed by atoms with E-state index in [0.717, 1.165) is 5.56 Å². The van der Waals surface area contributed by atoms with Crippen LogP contribution in [-0.4, -0.2) is 44.1 Å². The number of carbonyl (C=O) groups is 1. The fourth-order valence-electron chi connectivity index (χ4n) is 3.77. The number of nitrogens with zero attached hydrogens (tertiary/aromatic N) is 3. The number of fused-ring (bicyclic) bond motifs is 1. The highest BCUT2D eigenvalue weighted by Gasteiger charge is 2.29. The lowest BCUT2D eigenvalue weighted by Gasteiger charge is -2.32. The molecule has 3 aromatic rings. The summed E-state index contributed by atoms with van der Waals surface area (Å²) in [6.07, 6.45) is 1.22. The van der Waals surface area contributed by atoms with Gasteiger partial charge in [-0.25, -0.2) is 18.4 Å². The lowest BCUT2D eigenvalue weighted by Crippen LogP contribution is -2.38. The molecule has 0 radical (unpaired) electrons. The Hall–Kier alpha value is -3.20. The van der Waals surface area contributed by atoms with E-state index in [2.05, 4.69) is 9.71 Å². The van der Waals surface area contributed by atoms with Crippen LogP contribution in [0, 0.1) is 12.8 Å². The van der Waals surface area contributed by atoms with Gasteiger partial charge in [0.25, 0.3) is 10.0 Å². The van der Waals surface area contributed by atoms with E-state index in [4.69, 9.17) is 9.72 Å². The van der Waals surface area contributed by atoms with E-state index in [1.165, 1.54) is 0 Å². The van der Waals surface area contributed by atoms with Crippen LogP contribution in [0.4, 0.5) is 11.6 Å². The molecular formula is C23H26N4O4S. The van der Waals surface area contributed by atoms with E-state index >= 15 is 0 Å². The van der Waals surface area contributed by atoms with Crippen LogP contribution < -0.4 is 9.62 Å². The Balaban J connectivity index is 1.66. The Morgan fingerprint density at radius 1 is 1.06 bits per heavy atom. The number of hydrogen-bond acceptors (Lipinski definition) is 7. The average molecular weight is 455 g/mol. The summed E-state index contributed by atoms with van der Waals surface area (Å²) in [5.74, 6) is 0.296. The number of nitrogens with one attached hydrogen (secondary N) is 1. The number of anilines is 2. The predicted octanol–water partition coefficient (Wildman–Crippen LogP) is 3.52. The van der Waals surface area contributed by atoms with Crippen LogP contribution in [0.3, 0.4) is 0 Å². The van der Waals surface area contributed by atoms with Gasteiger partial charge in [-0.3, -0.25) is 9.52 Å². The quantitative estimate of drug-likeness (QED) is 0.569. The summed E-state index contributed by atoms with van der Waals surface area (Å²) < 4.78 is 33.9. The van der Waals surface area contributed by atoms with Gasteiger partial charge in [-0.15, -0.1) is 0 Å².